The Morgan fingerprint density at radius 3 is 2.62 bits per heavy atom. The Hall–Kier alpha value is -1.54. The van der Waals surface area contributed by atoms with Crippen molar-refractivity contribution in [1.82, 2.24) is 4.31 Å². The van der Waals surface area contributed by atoms with Crippen LogP contribution < -0.4 is 0 Å². The SMILES string of the molecule is CCCN(CC1CC1)S(=O)(=O)c1cccc(F)c1[N+](=O)[O-]. The third kappa shape index (κ3) is 3.38. The standard InChI is InChI=1S/C13H17FN2O4S/c1-2-8-15(9-10-6-7-10)21(19,20)12-5-3-4-11(14)13(12)16(17)18/h3-5,10H,2,6-9H2,1H3. The third-order valence-corrected chi connectivity index (χ3v) is 5.28. The first kappa shape index (κ1) is 15.8. The Kier molecular flexibility index (Phi) is 4.58. The zero-order chi connectivity index (χ0) is 15.6. The Labute approximate surface area is 122 Å². The summed E-state index contributed by atoms with van der Waals surface area (Å²) in [5, 5.41) is 11.0. The molecule has 0 spiro atoms. The summed E-state index contributed by atoms with van der Waals surface area (Å²) in [4.78, 5) is 9.44. The Morgan fingerprint density at radius 2 is 2.10 bits per heavy atom. The molecule has 0 heterocycles. The summed E-state index contributed by atoms with van der Waals surface area (Å²) < 4.78 is 40.1. The molecule has 6 nitrogen and oxygen atoms in total. The van der Waals surface area contributed by atoms with Gasteiger partial charge in [0.15, 0.2) is 4.90 Å². The zero-order valence-corrected chi connectivity index (χ0v) is 12.5. The van der Waals surface area contributed by atoms with E-state index in [1.807, 2.05) is 6.92 Å². The molecule has 1 aliphatic carbocycles. The van der Waals surface area contributed by atoms with Crippen LogP contribution in [0.4, 0.5) is 10.1 Å². The summed E-state index contributed by atoms with van der Waals surface area (Å²) >= 11 is 0. The van der Waals surface area contributed by atoms with E-state index in [9.17, 15) is 22.9 Å². The summed E-state index contributed by atoms with van der Waals surface area (Å²) in [5.74, 6) is -0.831. The molecular formula is C13H17FN2O4S. The van der Waals surface area contributed by atoms with Gasteiger partial charge < -0.3 is 0 Å². The number of nitro benzene ring substituents is 1. The van der Waals surface area contributed by atoms with Crippen LogP contribution in [-0.2, 0) is 10.0 Å². The molecule has 1 aromatic carbocycles. The normalized spacial score (nSPS) is 15.4. The quantitative estimate of drug-likeness (QED) is 0.572. The maximum Gasteiger partial charge on any atom is 0.324 e. The van der Waals surface area contributed by atoms with Gasteiger partial charge in [-0.05, 0) is 37.3 Å². The molecule has 0 radical (unpaired) electrons. The van der Waals surface area contributed by atoms with Crippen molar-refractivity contribution < 1.29 is 17.7 Å². The largest absolute Gasteiger partial charge is 0.324 e. The van der Waals surface area contributed by atoms with Crippen LogP contribution >= 0.6 is 0 Å². The summed E-state index contributed by atoms with van der Waals surface area (Å²) in [6, 6.07) is 3.16. The van der Waals surface area contributed by atoms with Gasteiger partial charge in [0.25, 0.3) is 0 Å². The molecule has 0 unspecified atom stereocenters. The van der Waals surface area contributed by atoms with E-state index < -0.39 is 31.3 Å². The molecule has 0 amide bonds. The molecule has 0 bridgehead atoms. The molecule has 0 atom stereocenters. The van der Waals surface area contributed by atoms with Crippen LogP contribution in [0.2, 0.25) is 0 Å². The minimum atomic E-state index is -4.06. The van der Waals surface area contributed by atoms with Gasteiger partial charge in [-0.3, -0.25) is 10.1 Å². The maximum atomic E-state index is 13.6. The van der Waals surface area contributed by atoms with Crippen molar-refractivity contribution in [3.05, 3.63) is 34.1 Å². The van der Waals surface area contributed by atoms with E-state index in [4.69, 9.17) is 0 Å². The second-order valence-corrected chi connectivity index (χ2v) is 7.06. The number of rotatable bonds is 7. The number of nitro groups is 1. The summed E-state index contributed by atoms with van der Waals surface area (Å²) in [7, 11) is -4.06. The lowest BCUT2D eigenvalue weighted by atomic mass is 10.3. The van der Waals surface area contributed by atoms with Gasteiger partial charge in [-0.1, -0.05) is 13.0 Å². The second-order valence-electron chi connectivity index (χ2n) is 5.15. The molecule has 1 aromatic rings. The van der Waals surface area contributed by atoms with Crippen LogP contribution in [0.15, 0.2) is 23.1 Å². The van der Waals surface area contributed by atoms with E-state index in [2.05, 4.69) is 0 Å². The van der Waals surface area contributed by atoms with Crippen molar-refractivity contribution in [3.63, 3.8) is 0 Å². The zero-order valence-electron chi connectivity index (χ0n) is 11.7. The van der Waals surface area contributed by atoms with Crippen LogP contribution in [0.1, 0.15) is 26.2 Å². The minimum Gasteiger partial charge on any atom is -0.258 e. The highest BCUT2D eigenvalue weighted by Gasteiger charge is 2.36. The average Bonchev–Trinajstić information content (AvgIpc) is 3.21. The summed E-state index contributed by atoms with van der Waals surface area (Å²) in [5.41, 5.74) is -0.977. The number of nitrogens with zero attached hydrogens (tertiary/aromatic N) is 2. The fourth-order valence-electron chi connectivity index (χ4n) is 2.17. The Balaban J connectivity index is 2.46. The van der Waals surface area contributed by atoms with E-state index in [1.165, 1.54) is 10.4 Å². The molecule has 0 N–H and O–H groups in total. The molecule has 0 aromatic heterocycles. The van der Waals surface area contributed by atoms with Gasteiger partial charge in [0, 0.05) is 13.1 Å². The predicted molar refractivity (Wildman–Crippen MR) is 74.8 cm³/mol. The monoisotopic (exact) mass is 316 g/mol. The highest BCUT2D eigenvalue weighted by atomic mass is 32.2. The molecule has 0 saturated heterocycles. The van der Waals surface area contributed by atoms with Crippen molar-refractivity contribution in [3.8, 4) is 0 Å². The van der Waals surface area contributed by atoms with Crippen molar-refractivity contribution in [1.29, 1.82) is 0 Å². The van der Waals surface area contributed by atoms with E-state index in [0.717, 1.165) is 25.0 Å². The molecule has 21 heavy (non-hydrogen) atoms. The highest BCUT2D eigenvalue weighted by molar-refractivity contribution is 7.89. The predicted octanol–water partition coefficient (Wildman–Crippen LogP) is 2.54. The van der Waals surface area contributed by atoms with Crippen LogP contribution in [-0.4, -0.2) is 30.7 Å². The average molecular weight is 316 g/mol. The molecule has 1 aliphatic rings. The fraction of sp³-hybridized carbons (Fsp3) is 0.538. The summed E-state index contributed by atoms with van der Waals surface area (Å²) in [6.45, 7) is 2.44. The van der Waals surface area contributed by atoms with E-state index in [0.29, 0.717) is 18.9 Å². The van der Waals surface area contributed by atoms with Gasteiger partial charge >= 0.3 is 5.69 Å². The van der Waals surface area contributed by atoms with E-state index in [-0.39, 0.29) is 6.54 Å². The Morgan fingerprint density at radius 1 is 1.43 bits per heavy atom. The minimum absolute atomic E-state index is 0.270. The highest BCUT2D eigenvalue weighted by Crippen LogP contribution is 2.34. The van der Waals surface area contributed by atoms with Crippen LogP contribution in [0.5, 0.6) is 0 Å². The van der Waals surface area contributed by atoms with Crippen molar-refractivity contribution in [2.24, 2.45) is 5.92 Å². The van der Waals surface area contributed by atoms with Gasteiger partial charge in [0.2, 0.25) is 15.8 Å². The molecule has 2 rings (SSSR count). The molecular weight excluding hydrogens is 299 g/mol. The van der Waals surface area contributed by atoms with Crippen molar-refractivity contribution in [2.45, 2.75) is 31.1 Å². The van der Waals surface area contributed by atoms with Gasteiger partial charge in [-0.25, -0.2) is 8.42 Å². The van der Waals surface area contributed by atoms with Gasteiger partial charge in [-0.2, -0.15) is 8.70 Å². The van der Waals surface area contributed by atoms with Crippen LogP contribution in [0.3, 0.4) is 0 Å². The Bertz CT molecular complexity index is 644. The number of sulfonamides is 1. The van der Waals surface area contributed by atoms with Gasteiger partial charge in [0.1, 0.15) is 0 Å². The second kappa shape index (κ2) is 6.07. The summed E-state index contributed by atoms with van der Waals surface area (Å²) in [6.07, 6.45) is 2.51. The molecule has 116 valence electrons. The van der Waals surface area contributed by atoms with Gasteiger partial charge in [0.05, 0.1) is 4.92 Å². The van der Waals surface area contributed by atoms with Crippen LogP contribution in [0.25, 0.3) is 0 Å². The van der Waals surface area contributed by atoms with E-state index >= 15 is 0 Å². The first-order valence-electron chi connectivity index (χ1n) is 6.81. The lowest BCUT2D eigenvalue weighted by Crippen LogP contribution is -2.34. The van der Waals surface area contributed by atoms with Crippen molar-refractivity contribution >= 4 is 15.7 Å². The lowest BCUT2D eigenvalue weighted by Gasteiger charge is -2.21. The number of halogens is 1. The van der Waals surface area contributed by atoms with E-state index in [1.54, 1.807) is 0 Å². The number of para-hydroxylation sites is 1. The number of hydrogen-bond acceptors (Lipinski definition) is 4. The third-order valence-electron chi connectivity index (χ3n) is 3.38. The number of hydrogen-bond donors (Lipinski definition) is 0. The smallest absolute Gasteiger partial charge is 0.258 e. The van der Waals surface area contributed by atoms with Crippen molar-refractivity contribution in [2.75, 3.05) is 13.1 Å². The molecule has 1 saturated carbocycles. The van der Waals surface area contributed by atoms with Gasteiger partial charge in [-0.15, -0.1) is 0 Å². The topological polar surface area (TPSA) is 80.5 Å². The molecule has 8 heteroatoms. The van der Waals surface area contributed by atoms with Crippen LogP contribution in [0, 0.1) is 21.8 Å². The maximum absolute atomic E-state index is 13.6. The molecule has 0 aliphatic heterocycles. The lowest BCUT2D eigenvalue weighted by molar-refractivity contribution is -0.390. The number of benzene rings is 1. The fourth-order valence-corrected chi connectivity index (χ4v) is 3.94. The first-order valence-corrected chi connectivity index (χ1v) is 8.25. The first-order chi connectivity index (χ1) is 9.87. The molecule has 1 fully saturated rings.